The van der Waals surface area contributed by atoms with E-state index < -0.39 is 0 Å². The van der Waals surface area contributed by atoms with Gasteiger partial charge in [0.2, 0.25) is 0 Å². The first kappa shape index (κ1) is 16.2. The lowest BCUT2D eigenvalue weighted by atomic mass is 9.99. The van der Waals surface area contributed by atoms with Gasteiger partial charge in [-0.15, -0.1) is 0 Å². The monoisotopic (exact) mass is 335 g/mol. The van der Waals surface area contributed by atoms with Crippen molar-refractivity contribution in [3.8, 4) is 5.75 Å². The molecule has 1 unspecified atom stereocenters. The van der Waals surface area contributed by atoms with E-state index in [1.54, 1.807) is 0 Å². The van der Waals surface area contributed by atoms with Gasteiger partial charge in [0.1, 0.15) is 17.0 Å². The van der Waals surface area contributed by atoms with E-state index in [1.165, 1.54) is 17.4 Å². The number of nitrogens with zero attached hydrogens (tertiary/aromatic N) is 2. The van der Waals surface area contributed by atoms with Gasteiger partial charge in [-0.1, -0.05) is 18.2 Å². The highest BCUT2D eigenvalue weighted by Crippen LogP contribution is 2.32. The fourth-order valence-electron chi connectivity index (χ4n) is 3.92. The number of aromatic nitrogens is 2. The molecule has 25 heavy (non-hydrogen) atoms. The summed E-state index contributed by atoms with van der Waals surface area (Å²) in [5.74, 6) is 1.50. The number of pyridine rings is 1. The van der Waals surface area contributed by atoms with Crippen LogP contribution in [0.5, 0.6) is 5.75 Å². The van der Waals surface area contributed by atoms with E-state index in [0.29, 0.717) is 5.92 Å². The van der Waals surface area contributed by atoms with Gasteiger partial charge < -0.3 is 9.72 Å². The first-order valence-electron chi connectivity index (χ1n) is 8.99. The molecule has 0 saturated carbocycles. The molecule has 130 valence electrons. The largest absolute Gasteiger partial charge is 0.487 e. The van der Waals surface area contributed by atoms with Crippen LogP contribution in [0.4, 0.5) is 0 Å². The highest BCUT2D eigenvalue weighted by atomic mass is 16.5. The molecule has 1 fully saturated rings. The molecule has 0 amide bonds. The number of nitrogens with one attached hydrogen (secondary N) is 1. The Hall–Kier alpha value is -2.33. The molecule has 0 bridgehead atoms. The number of fused-ring (bicyclic) bond motifs is 1. The van der Waals surface area contributed by atoms with E-state index in [4.69, 9.17) is 4.74 Å². The molecule has 3 heterocycles. The summed E-state index contributed by atoms with van der Waals surface area (Å²) in [4.78, 5) is 10.2. The molecule has 2 aromatic heterocycles. The molecule has 4 heteroatoms. The number of benzene rings is 1. The van der Waals surface area contributed by atoms with Crippen LogP contribution in [-0.4, -0.2) is 40.1 Å². The van der Waals surface area contributed by atoms with Crippen LogP contribution < -0.4 is 4.74 Å². The van der Waals surface area contributed by atoms with Gasteiger partial charge in [0.05, 0.1) is 0 Å². The topological polar surface area (TPSA) is 41.2 Å². The molecule has 0 radical (unpaired) electrons. The Kier molecular flexibility index (Phi) is 4.22. The molecule has 3 aromatic rings. The maximum atomic E-state index is 6.20. The van der Waals surface area contributed by atoms with Crippen molar-refractivity contribution in [1.82, 2.24) is 14.9 Å². The second-order valence-electron chi connectivity index (χ2n) is 7.54. The summed E-state index contributed by atoms with van der Waals surface area (Å²) < 4.78 is 6.20. The predicted molar refractivity (Wildman–Crippen MR) is 101 cm³/mol. The van der Waals surface area contributed by atoms with Crippen molar-refractivity contribution in [1.29, 1.82) is 0 Å². The Morgan fingerprint density at radius 2 is 2.04 bits per heavy atom. The lowest BCUT2D eigenvalue weighted by Gasteiger charge is -2.31. The van der Waals surface area contributed by atoms with Gasteiger partial charge >= 0.3 is 0 Å². The predicted octanol–water partition coefficient (Wildman–Crippen LogP) is 4.21. The standard InChI is InChI=1S/C21H25N3O/c1-21(2,25-17-7-4-3-5-8-17)15-24-12-10-16(14-24)19-13-23-20-18(19)9-6-11-22-20/h3-9,11,13,16H,10,12,14-15H2,1-2H3,(H,22,23). The maximum absolute atomic E-state index is 6.20. The van der Waals surface area contributed by atoms with Crippen molar-refractivity contribution in [3.05, 3.63) is 60.4 Å². The second kappa shape index (κ2) is 6.52. The highest BCUT2D eigenvalue weighted by molar-refractivity contribution is 5.80. The van der Waals surface area contributed by atoms with Gasteiger partial charge in [0.15, 0.2) is 0 Å². The quantitative estimate of drug-likeness (QED) is 0.759. The first-order valence-corrected chi connectivity index (χ1v) is 8.99. The summed E-state index contributed by atoms with van der Waals surface area (Å²) in [6.07, 6.45) is 5.16. The zero-order chi connectivity index (χ0) is 17.3. The third-order valence-electron chi connectivity index (χ3n) is 4.94. The number of H-pyrrole nitrogens is 1. The van der Waals surface area contributed by atoms with Crippen molar-refractivity contribution >= 4 is 11.0 Å². The molecule has 4 rings (SSSR count). The lowest BCUT2D eigenvalue weighted by molar-refractivity contribution is 0.0680. The first-order chi connectivity index (χ1) is 12.1. The van der Waals surface area contributed by atoms with E-state index in [2.05, 4.69) is 41.0 Å². The Morgan fingerprint density at radius 3 is 2.88 bits per heavy atom. The molecular weight excluding hydrogens is 310 g/mol. The van der Waals surface area contributed by atoms with Crippen LogP contribution in [0, 0.1) is 0 Å². The molecule has 0 spiro atoms. The van der Waals surface area contributed by atoms with Crippen LogP contribution in [0.3, 0.4) is 0 Å². The third-order valence-corrected chi connectivity index (χ3v) is 4.94. The zero-order valence-electron chi connectivity index (χ0n) is 14.9. The van der Waals surface area contributed by atoms with E-state index in [9.17, 15) is 0 Å². The number of hydrogen-bond donors (Lipinski definition) is 1. The minimum atomic E-state index is -0.210. The minimum absolute atomic E-state index is 0.210. The Bertz CT molecular complexity index is 840. The summed E-state index contributed by atoms with van der Waals surface area (Å²) in [6, 6.07) is 14.3. The van der Waals surface area contributed by atoms with E-state index in [1.807, 2.05) is 42.6 Å². The van der Waals surface area contributed by atoms with Gasteiger partial charge in [-0.05, 0) is 62.6 Å². The summed E-state index contributed by atoms with van der Waals surface area (Å²) in [6.45, 7) is 7.45. The number of hydrogen-bond acceptors (Lipinski definition) is 3. The van der Waals surface area contributed by atoms with E-state index in [-0.39, 0.29) is 5.60 Å². The van der Waals surface area contributed by atoms with Crippen LogP contribution in [0.25, 0.3) is 11.0 Å². The van der Waals surface area contributed by atoms with Crippen LogP contribution >= 0.6 is 0 Å². The van der Waals surface area contributed by atoms with E-state index >= 15 is 0 Å². The van der Waals surface area contributed by atoms with Gasteiger partial charge in [-0.25, -0.2) is 4.98 Å². The molecule has 1 aliphatic rings. The molecule has 4 nitrogen and oxygen atoms in total. The molecular formula is C21H25N3O. The van der Waals surface area contributed by atoms with Crippen LogP contribution in [0.15, 0.2) is 54.9 Å². The fourth-order valence-corrected chi connectivity index (χ4v) is 3.92. The van der Waals surface area contributed by atoms with Gasteiger partial charge in [-0.2, -0.15) is 0 Å². The molecule has 1 aliphatic heterocycles. The fraction of sp³-hybridized carbons (Fsp3) is 0.381. The van der Waals surface area contributed by atoms with Crippen molar-refractivity contribution in [2.75, 3.05) is 19.6 Å². The van der Waals surface area contributed by atoms with Crippen molar-refractivity contribution in [3.63, 3.8) is 0 Å². The Balaban J connectivity index is 1.42. The molecule has 1 aromatic carbocycles. The lowest BCUT2D eigenvalue weighted by Crippen LogP contribution is -2.42. The average Bonchev–Trinajstić information content (AvgIpc) is 3.21. The SMILES string of the molecule is CC(C)(CN1CCC(c2c[nH]c3ncccc23)C1)Oc1ccccc1. The zero-order valence-corrected chi connectivity index (χ0v) is 14.9. The molecule has 1 saturated heterocycles. The summed E-state index contributed by atoms with van der Waals surface area (Å²) in [7, 11) is 0. The maximum Gasteiger partial charge on any atom is 0.137 e. The second-order valence-corrected chi connectivity index (χ2v) is 7.54. The normalized spacial score (nSPS) is 18.7. The number of aromatic amines is 1. The molecule has 1 atom stereocenters. The van der Waals surface area contributed by atoms with Crippen molar-refractivity contribution in [2.45, 2.75) is 31.8 Å². The van der Waals surface area contributed by atoms with Gasteiger partial charge in [0, 0.05) is 30.9 Å². The number of para-hydroxylation sites is 1. The molecule has 1 N–H and O–H groups in total. The Morgan fingerprint density at radius 1 is 1.20 bits per heavy atom. The van der Waals surface area contributed by atoms with Crippen LogP contribution in [-0.2, 0) is 0 Å². The Labute approximate surface area is 148 Å². The molecule has 0 aliphatic carbocycles. The number of likely N-dealkylation sites (tertiary alicyclic amines) is 1. The number of rotatable bonds is 5. The van der Waals surface area contributed by atoms with E-state index in [0.717, 1.165) is 31.0 Å². The van der Waals surface area contributed by atoms with Gasteiger partial charge in [-0.3, -0.25) is 4.90 Å². The third kappa shape index (κ3) is 3.54. The minimum Gasteiger partial charge on any atom is -0.487 e. The number of ether oxygens (including phenoxy) is 1. The highest BCUT2D eigenvalue weighted by Gasteiger charge is 2.31. The van der Waals surface area contributed by atoms with Crippen LogP contribution in [0.2, 0.25) is 0 Å². The van der Waals surface area contributed by atoms with Gasteiger partial charge in [0.25, 0.3) is 0 Å². The average molecular weight is 335 g/mol. The van der Waals surface area contributed by atoms with Crippen molar-refractivity contribution in [2.24, 2.45) is 0 Å². The van der Waals surface area contributed by atoms with Crippen molar-refractivity contribution < 1.29 is 4.74 Å². The summed E-state index contributed by atoms with van der Waals surface area (Å²) >= 11 is 0. The summed E-state index contributed by atoms with van der Waals surface area (Å²) in [5, 5.41) is 1.26. The smallest absolute Gasteiger partial charge is 0.137 e. The summed E-state index contributed by atoms with van der Waals surface area (Å²) in [5.41, 5.74) is 2.17. The van der Waals surface area contributed by atoms with Crippen LogP contribution in [0.1, 0.15) is 31.7 Å².